The maximum atomic E-state index is 11.7. The lowest BCUT2D eigenvalue weighted by Gasteiger charge is -2.09. The standard InChI is InChI=1S/C13H15BrN4O3S/c1-15-22(20,21)10-5-3-9(4-6-10)7-16-11-8-17-18(2)13(19)12(11)14/h3-6,8,15-16H,7H2,1-2H3. The summed E-state index contributed by atoms with van der Waals surface area (Å²) in [5.41, 5.74) is 1.22. The van der Waals surface area contributed by atoms with Crippen molar-refractivity contribution >= 4 is 31.6 Å². The van der Waals surface area contributed by atoms with E-state index in [0.717, 1.165) is 5.56 Å². The average Bonchev–Trinajstić information content (AvgIpc) is 2.52. The topological polar surface area (TPSA) is 93.1 Å². The van der Waals surface area contributed by atoms with Crippen LogP contribution in [0.2, 0.25) is 0 Å². The van der Waals surface area contributed by atoms with Crippen LogP contribution in [0, 0.1) is 0 Å². The second-order valence-corrected chi connectivity index (χ2v) is 7.19. The predicted octanol–water partition coefficient (Wildman–Crippen LogP) is 1.06. The minimum absolute atomic E-state index is 0.204. The van der Waals surface area contributed by atoms with Crippen molar-refractivity contribution in [1.29, 1.82) is 0 Å². The molecule has 7 nitrogen and oxygen atoms in total. The minimum Gasteiger partial charge on any atom is -0.379 e. The van der Waals surface area contributed by atoms with Crippen molar-refractivity contribution < 1.29 is 8.42 Å². The zero-order chi connectivity index (χ0) is 16.3. The van der Waals surface area contributed by atoms with E-state index in [2.05, 4.69) is 31.1 Å². The Bertz CT molecular complexity index is 831. The minimum atomic E-state index is -3.43. The maximum absolute atomic E-state index is 11.7. The zero-order valence-corrected chi connectivity index (χ0v) is 14.4. The van der Waals surface area contributed by atoms with Crippen molar-refractivity contribution in [3.63, 3.8) is 0 Å². The Hall–Kier alpha value is -1.71. The number of aryl methyl sites for hydroxylation is 1. The van der Waals surface area contributed by atoms with E-state index in [4.69, 9.17) is 0 Å². The molecule has 22 heavy (non-hydrogen) atoms. The third-order valence-corrected chi connectivity index (χ3v) is 5.26. The van der Waals surface area contributed by atoms with Gasteiger partial charge in [-0.05, 0) is 40.7 Å². The molecule has 1 aromatic carbocycles. The van der Waals surface area contributed by atoms with Crippen molar-refractivity contribution in [3.05, 3.63) is 50.9 Å². The Labute approximate surface area is 136 Å². The van der Waals surface area contributed by atoms with Crippen LogP contribution in [-0.2, 0) is 23.6 Å². The van der Waals surface area contributed by atoms with E-state index in [-0.39, 0.29) is 10.5 Å². The molecule has 0 aliphatic carbocycles. The molecule has 0 fully saturated rings. The number of nitrogens with zero attached hydrogens (tertiary/aromatic N) is 2. The molecular formula is C13H15BrN4O3S. The number of rotatable bonds is 5. The summed E-state index contributed by atoms with van der Waals surface area (Å²) >= 11 is 3.23. The van der Waals surface area contributed by atoms with Crippen LogP contribution in [-0.4, -0.2) is 25.2 Å². The van der Waals surface area contributed by atoms with Gasteiger partial charge in [0, 0.05) is 13.6 Å². The number of benzene rings is 1. The Morgan fingerprint density at radius 2 is 1.91 bits per heavy atom. The van der Waals surface area contributed by atoms with Crippen LogP contribution in [0.15, 0.2) is 44.6 Å². The fourth-order valence-corrected chi connectivity index (χ4v) is 2.96. The highest BCUT2D eigenvalue weighted by molar-refractivity contribution is 9.10. The van der Waals surface area contributed by atoms with Crippen molar-refractivity contribution in [2.45, 2.75) is 11.4 Å². The molecule has 9 heteroatoms. The molecule has 1 aromatic heterocycles. The lowest BCUT2D eigenvalue weighted by Crippen LogP contribution is -2.21. The summed E-state index contributed by atoms with van der Waals surface area (Å²) in [6.45, 7) is 0.438. The molecule has 2 N–H and O–H groups in total. The number of hydrogen-bond acceptors (Lipinski definition) is 5. The van der Waals surface area contributed by atoms with Gasteiger partial charge in [0.15, 0.2) is 0 Å². The van der Waals surface area contributed by atoms with E-state index in [1.807, 2.05) is 0 Å². The number of anilines is 1. The predicted molar refractivity (Wildman–Crippen MR) is 87.2 cm³/mol. The zero-order valence-electron chi connectivity index (χ0n) is 12.0. The molecule has 1 heterocycles. The van der Waals surface area contributed by atoms with Gasteiger partial charge in [0.1, 0.15) is 4.47 Å². The first kappa shape index (κ1) is 16.7. The number of hydrogen-bond donors (Lipinski definition) is 2. The van der Waals surface area contributed by atoms with Crippen molar-refractivity contribution in [2.24, 2.45) is 7.05 Å². The number of aromatic nitrogens is 2. The average molecular weight is 387 g/mol. The molecular weight excluding hydrogens is 372 g/mol. The van der Waals surface area contributed by atoms with Crippen molar-refractivity contribution in [2.75, 3.05) is 12.4 Å². The molecule has 0 bridgehead atoms. The lowest BCUT2D eigenvalue weighted by molar-refractivity contribution is 0.588. The quantitative estimate of drug-likeness (QED) is 0.801. The molecule has 0 amide bonds. The number of nitrogens with one attached hydrogen (secondary N) is 2. The molecule has 0 unspecified atom stereocenters. The fourth-order valence-electron chi connectivity index (χ4n) is 1.74. The van der Waals surface area contributed by atoms with Crippen LogP contribution >= 0.6 is 15.9 Å². The molecule has 0 atom stereocenters. The second-order valence-electron chi connectivity index (χ2n) is 4.51. The van der Waals surface area contributed by atoms with Crippen LogP contribution in [0.3, 0.4) is 0 Å². The van der Waals surface area contributed by atoms with Gasteiger partial charge in [-0.15, -0.1) is 0 Å². The number of sulfonamides is 1. The van der Waals surface area contributed by atoms with E-state index in [9.17, 15) is 13.2 Å². The van der Waals surface area contributed by atoms with Gasteiger partial charge < -0.3 is 5.32 Å². The smallest absolute Gasteiger partial charge is 0.282 e. The summed E-state index contributed by atoms with van der Waals surface area (Å²) in [6.07, 6.45) is 1.55. The van der Waals surface area contributed by atoms with Gasteiger partial charge in [-0.3, -0.25) is 4.79 Å². The summed E-state index contributed by atoms with van der Waals surface area (Å²) < 4.78 is 27.1. The van der Waals surface area contributed by atoms with Crippen LogP contribution < -0.4 is 15.6 Å². The summed E-state index contributed by atoms with van der Waals surface area (Å²) in [6, 6.07) is 6.47. The summed E-state index contributed by atoms with van der Waals surface area (Å²) in [5.74, 6) is 0. The number of halogens is 1. The summed E-state index contributed by atoms with van der Waals surface area (Å²) in [7, 11) is -0.498. The van der Waals surface area contributed by atoms with Crippen LogP contribution in [0.5, 0.6) is 0 Å². The lowest BCUT2D eigenvalue weighted by atomic mass is 10.2. The molecule has 0 spiro atoms. The first-order chi connectivity index (χ1) is 10.3. The van der Waals surface area contributed by atoms with E-state index in [1.165, 1.54) is 23.9 Å². The fraction of sp³-hybridized carbons (Fsp3) is 0.231. The molecule has 118 valence electrons. The first-order valence-electron chi connectivity index (χ1n) is 6.33. The monoisotopic (exact) mass is 386 g/mol. The van der Waals surface area contributed by atoms with Gasteiger partial charge in [0.25, 0.3) is 5.56 Å². The third kappa shape index (κ3) is 3.54. The molecule has 2 rings (SSSR count). The first-order valence-corrected chi connectivity index (χ1v) is 8.61. The molecule has 0 saturated carbocycles. The van der Waals surface area contributed by atoms with Gasteiger partial charge in [0.2, 0.25) is 10.0 Å². The Balaban J connectivity index is 2.13. The molecule has 2 aromatic rings. The van der Waals surface area contributed by atoms with Gasteiger partial charge in [-0.1, -0.05) is 12.1 Å². The Morgan fingerprint density at radius 3 is 2.50 bits per heavy atom. The summed E-state index contributed by atoms with van der Waals surface area (Å²) in [4.78, 5) is 11.9. The SMILES string of the molecule is CNS(=O)(=O)c1ccc(CNc2cnn(C)c(=O)c2Br)cc1. The van der Waals surface area contributed by atoms with Crippen molar-refractivity contribution in [3.8, 4) is 0 Å². The van der Waals surface area contributed by atoms with Gasteiger partial charge in [-0.25, -0.2) is 17.8 Å². The Morgan fingerprint density at radius 1 is 1.27 bits per heavy atom. The largest absolute Gasteiger partial charge is 0.379 e. The Kier molecular flexibility index (Phi) is 4.99. The normalized spacial score (nSPS) is 11.4. The van der Waals surface area contributed by atoms with Gasteiger partial charge in [0.05, 0.1) is 16.8 Å². The van der Waals surface area contributed by atoms with Gasteiger partial charge >= 0.3 is 0 Å². The molecule has 0 radical (unpaired) electrons. The third-order valence-electron chi connectivity index (χ3n) is 3.06. The van der Waals surface area contributed by atoms with Crippen LogP contribution in [0.4, 0.5) is 5.69 Å². The highest BCUT2D eigenvalue weighted by Gasteiger charge is 2.11. The highest BCUT2D eigenvalue weighted by Crippen LogP contribution is 2.17. The van der Waals surface area contributed by atoms with E-state index in [1.54, 1.807) is 25.4 Å². The maximum Gasteiger partial charge on any atom is 0.282 e. The molecule has 0 aliphatic heterocycles. The highest BCUT2D eigenvalue weighted by atomic mass is 79.9. The van der Waals surface area contributed by atoms with E-state index in [0.29, 0.717) is 16.7 Å². The van der Waals surface area contributed by atoms with E-state index >= 15 is 0 Å². The van der Waals surface area contributed by atoms with Crippen LogP contribution in [0.25, 0.3) is 0 Å². The summed E-state index contributed by atoms with van der Waals surface area (Å²) in [5, 5.41) is 7.02. The van der Waals surface area contributed by atoms with Crippen molar-refractivity contribution in [1.82, 2.24) is 14.5 Å². The van der Waals surface area contributed by atoms with E-state index < -0.39 is 10.0 Å². The second kappa shape index (κ2) is 6.59. The molecule has 0 aliphatic rings. The molecule has 0 saturated heterocycles. The van der Waals surface area contributed by atoms with Gasteiger partial charge in [-0.2, -0.15) is 5.10 Å². The van der Waals surface area contributed by atoms with Crippen LogP contribution in [0.1, 0.15) is 5.56 Å².